The molecule has 0 spiro atoms. The van der Waals surface area contributed by atoms with Crippen LogP contribution in [0.2, 0.25) is 5.02 Å². The van der Waals surface area contributed by atoms with Gasteiger partial charge in [0, 0.05) is 22.1 Å². The molecule has 3 rings (SSSR count). The number of benzene rings is 1. The molecule has 0 aliphatic heterocycles. The van der Waals surface area contributed by atoms with Gasteiger partial charge >= 0.3 is 6.01 Å². The normalized spacial score (nSPS) is 10.4. The van der Waals surface area contributed by atoms with Crippen LogP contribution < -0.4 is 15.4 Å². The summed E-state index contributed by atoms with van der Waals surface area (Å²) in [6, 6.07) is 9.22. The molecule has 0 fully saturated rings. The second-order valence-electron chi connectivity index (χ2n) is 5.20. The van der Waals surface area contributed by atoms with E-state index in [1.807, 2.05) is 32.0 Å². The lowest BCUT2D eigenvalue weighted by Crippen LogP contribution is -2.07. The Morgan fingerprint density at radius 1 is 0.800 bits per heavy atom. The van der Waals surface area contributed by atoms with Crippen molar-refractivity contribution in [1.29, 1.82) is 0 Å². The lowest BCUT2D eigenvalue weighted by molar-refractivity contribution is 0.380. The zero-order chi connectivity index (χ0) is 17.8. The maximum absolute atomic E-state index is 5.89. The molecule has 0 aliphatic rings. The number of anilines is 4. The number of aromatic nitrogens is 5. The van der Waals surface area contributed by atoms with Gasteiger partial charge in [0.2, 0.25) is 17.8 Å². The highest BCUT2D eigenvalue weighted by Crippen LogP contribution is 2.20. The maximum atomic E-state index is 5.89. The molecule has 2 heterocycles. The van der Waals surface area contributed by atoms with Crippen LogP contribution in [-0.4, -0.2) is 32.0 Å². The van der Waals surface area contributed by atoms with Crippen LogP contribution in [0.1, 0.15) is 11.4 Å². The number of aryl methyl sites for hydroxylation is 2. The summed E-state index contributed by atoms with van der Waals surface area (Å²) in [4.78, 5) is 21.3. The van der Waals surface area contributed by atoms with Gasteiger partial charge in [-0.05, 0) is 44.2 Å². The van der Waals surface area contributed by atoms with Crippen LogP contribution in [-0.2, 0) is 0 Å². The van der Waals surface area contributed by atoms with Crippen LogP contribution >= 0.6 is 11.6 Å². The number of hydrogen-bond acceptors (Lipinski definition) is 8. The maximum Gasteiger partial charge on any atom is 0.322 e. The lowest BCUT2D eigenvalue weighted by atomic mass is 10.3. The van der Waals surface area contributed by atoms with Gasteiger partial charge in [0.15, 0.2) is 0 Å². The molecule has 3 aromatic rings. The Labute approximate surface area is 149 Å². The van der Waals surface area contributed by atoms with Crippen LogP contribution in [0.15, 0.2) is 30.3 Å². The van der Waals surface area contributed by atoms with E-state index in [4.69, 9.17) is 16.3 Å². The molecule has 0 saturated heterocycles. The summed E-state index contributed by atoms with van der Waals surface area (Å²) in [5, 5.41) is 6.69. The summed E-state index contributed by atoms with van der Waals surface area (Å²) in [6.45, 7) is 3.78. The SMILES string of the molecule is COc1nc(Nc2ccc(Cl)cc2)nc(Nc2nc(C)cc(C)n2)n1. The predicted molar refractivity (Wildman–Crippen MR) is 95.9 cm³/mol. The third-order valence-electron chi connectivity index (χ3n) is 3.10. The number of nitrogens with zero attached hydrogens (tertiary/aromatic N) is 5. The Morgan fingerprint density at radius 2 is 1.36 bits per heavy atom. The number of ether oxygens (including phenoxy) is 1. The summed E-state index contributed by atoms with van der Waals surface area (Å²) in [5.74, 6) is 0.998. The Kier molecular flexibility index (Phi) is 4.90. The first-order valence-corrected chi connectivity index (χ1v) is 7.81. The van der Waals surface area contributed by atoms with Gasteiger partial charge in [-0.3, -0.25) is 5.32 Å². The molecule has 0 bridgehead atoms. The highest BCUT2D eigenvalue weighted by molar-refractivity contribution is 6.30. The molecular weight excluding hydrogens is 342 g/mol. The first-order chi connectivity index (χ1) is 12.0. The van der Waals surface area contributed by atoms with Crippen LogP contribution in [0.4, 0.5) is 23.5 Å². The van der Waals surface area contributed by atoms with Gasteiger partial charge in [-0.25, -0.2) is 9.97 Å². The fourth-order valence-electron chi connectivity index (χ4n) is 2.10. The molecule has 0 atom stereocenters. The van der Waals surface area contributed by atoms with E-state index in [-0.39, 0.29) is 12.0 Å². The second kappa shape index (κ2) is 7.27. The number of halogens is 1. The molecule has 0 aliphatic carbocycles. The molecule has 1 aromatic carbocycles. The van der Waals surface area contributed by atoms with Crippen molar-refractivity contribution in [1.82, 2.24) is 24.9 Å². The molecule has 0 unspecified atom stereocenters. The van der Waals surface area contributed by atoms with E-state index in [0.29, 0.717) is 16.9 Å². The van der Waals surface area contributed by atoms with Gasteiger partial charge < -0.3 is 10.1 Å². The highest BCUT2D eigenvalue weighted by atomic mass is 35.5. The zero-order valence-electron chi connectivity index (χ0n) is 13.9. The number of hydrogen-bond donors (Lipinski definition) is 2. The Bertz CT molecular complexity index is 866. The average molecular weight is 358 g/mol. The standard InChI is InChI=1S/C16H16ClN7O/c1-9-8-10(2)19-13(18-9)21-15-22-14(23-16(24-15)25-3)20-12-6-4-11(17)5-7-12/h4-8H,1-3H3,(H2,18,19,20,21,22,23,24). The summed E-state index contributed by atoms with van der Waals surface area (Å²) in [6.07, 6.45) is 0. The summed E-state index contributed by atoms with van der Waals surface area (Å²) < 4.78 is 5.13. The van der Waals surface area contributed by atoms with E-state index in [1.54, 1.807) is 12.1 Å². The van der Waals surface area contributed by atoms with Crippen molar-refractivity contribution in [2.45, 2.75) is 13.8 Å². The van der Waals surface area contributed by atoms with Gasteiger partial charge in [-0.15, -0.1) is 0 Å². The Hall–Kier alpha value is -3.00. The largest absolute Gasteiger partial charge is 0.467 e. The molecule has 25 heavy (non-hydrogen) atoms. The third-order valence-corrected chi connectivity index (χ3v) is 3.36. The van der Waals surface area contributed by atoms with Crippen molar-refractivity contribution in [2.75, 3.05) is 17.7 Å². The van der Waals surface area contributed by atoms with Gasteiger partial charge in [-0.1, -0.05) is 11.6 Å². The summed E-state index contributed by atoms with van der Waals surface area (Å²) >= 11 is 5.89. The molecule has 128 valence electrons. The van der Waals surface area contributed by atoms with Gasteiger partial charge in [0.25, 0.3) is 0 Å². The number of rotatable bonds is 5. The van der Waals surface area contributed by atoms with Crippen molar-refractivity contribution in [3.8, 4) is 6.01 Å². The highest BCUT2D eigenvalue weighted by Gasteiger charge is 2.09. The van der Waals surface area contributed by atoms with Crippen LogP contribution in [0.25, 0.3) is 0 Å². The first-order valence-electron chi connectivity index (χ1n) is 7.44. The molecule has 0 saturated carbocycles. The molecule has 0 amide bonds. The van der Waals surface area contributed by atoms with E-state index in [0.717, 1.165) is 17.1 Å². The molecule has 2 N–H and O–H groups in total. The van der Waals surface area contributed by atoms with E-state index in [1.165, 1.54) is 7.11 Å². The van der Waals surface area contributed by atoms with E-state index in [2.05, 4.69) is 35.6 Å². The molecule has 8 nitrogen and oxygen atoms in total. The quantitative estimate of drug-likeness (QED) is 0.716. The Balaban J connectivity index is 1.87. The fourth-order valence-corrected chi connectivity index (χ4v) is 2.23. The third kappa shape index (κ3) is 4.51. The summed E-state index contributed by atoms with van der Waals surface area (Å²) in [5.41, 5.74) is 2.47. The number of methoxy groups -OCH3 is 1. The van der Waals surface area contributed by atoms with Crippen molar-refractivity contribution in [3.05, 3.63) is 46.7 Å². The number of nitrogens with one attached hydrogen (secondary N) is 2. The van der Waals surface area contributed by atoms with Crippen LogP contribution in [0, 0.1) is 13.8 Å². The monoisotopic (exact) mass is 357 g/mol. The molecule has 0 radical (unpaired) electrons. The smallest absolute Gasteiger partial charge is 0.322 e. The lowest BCUT2D eigenvalue weighted by Gasteiger charge is -2.09. The van der Waals surface area contributed by atoms with Crippen molar-refractivity contribution in [3.63, 3.8) is 0 Å². The zero-order valence-corrected chi connectivity index (χ0v) is 14.7. The second-order valence-corrected chi connectivity index (χ2v) is 5.64. The topological polar surface area (TPSA) is 97.7 Å². The Morgan fingerprint density at radius 3 is 1.96 bits per heavy atom. The van der Waals surface area contributed by atoms with Crippen LogP contribution in [0.5, 0.6) is 6.01 Å². The van der Waals surface area contributed by atoms with E-state index in [9.17, 15) is 0 Å². The van der Waals surface area contributed by atoms with Crippen molar-refractivity contribution < 1.29 is 4.74 Å². The predicted octanol–water partition coefficient (Wildman–Crippen LogP) is 3.43. The minimum atomic E-state index is 0.165. The van der Waals surface area contributed by atoms with Gasteiger partial charge in [-0.2, -0.15) is 15.0 Å². The minimum Gasteiger partial charge on any atom is -0.467 e. The summed E-state index contributed by atoms with van der Waals surface area (Å²) in [7, 11) is 1.48. The molecule has 2 aromatic heterocycles. The van der Waals surface area contributed by atoms with Crippen molar-refractivity contribution in [2.24, 2.45) is 0 Å². The van der Waals surface area contributed by atoms with E-state index < -0.39 is 0 Å². The first kappa shape index (κ1) is 16.8. The van der Waals surface area contributed by atoms with Gasteiger partial charge in [0.05, 0.1) is 7.11 Å². The molecular formula is C16H16ClN7O. The fraction of sp³-hybridized carbons (Fsp3) is 0.188. The minimum absolute atomic E-state index is 0.165. The van der Waals surface area contributed by atoms with E-state index >= 15 is 0 Å². The van der Waals surface area contributed by atoms with Crippen LogP contribution in [0.3, 0.4) is 0 Å². The molecule has 9 heteroatoms. The van der Waals surface area contributed by atoms with Gasteiger partial charge in [0.1, 0.15) is 0 Å². The average Bonchev–Trinajstić information content (AvgIpc) is 2.56. The van der Waals surface area contributed by atoms with Crippen molar-refractivity contribution >= 4 is 35.1 Å².